The van der Waals surface area contributed by atoms with Gasteiger partial charge in [-0.15, -0.1) is 0 Å². The smallest absolute Gasteiger partial charge is 0.410 e. The first-order valence-electron chi connectivity index (χ1n) is 8.87. The zero-order chi connectivity index (χ0) is 17.6. The van der Waals surface area contributed by atoms with Crippen LogP contribution in [0.1, 0.15) is 52.0 Å². The van der Waals surface area contributed by atoms with Gasteiger partial charge in [0.2, 0.25) is 5.88 Å². The number of carbonyl (C=O) groups excluding carboxylic acids is 1. The van der Waals surface area contributed by atoms with Crippen LogP contribution in [0.5, 0.6) is 5.88 Å². The number of ether oxygens (including phenoxy) is 2. The lowest BCUT2D eigenvalue weighted by atomic mass is 9.94. The van der Waals surface area contributed by atoms with Crippen LogP contribution in [0.3, 0.4) is 0 Å². The Hall–Kier alpha value is -1.78. The Morgan fingerprint density at radius 2 is 2.21 bits per heavy atom. The fraction of sp³-hybridized carbons (Fsp3) is 0.684. The van der Waals surface area contributed by atoms with Gasteiger partial charge < -0.3 is 14.4 Å². The Labute approximate surface area is 145 Å². The number of aryl methyl sites for hydroxylation is 1. The molecule has 2 rings (SSSR count). The van der Waals surface area contributed by atoms with Crippen molar-refractivity contribution in [2.24, 2.45) is 5.92 Å². The van der Waals surface area contributed by atoms with E-state index in [9.17, 15) is 4.79 Å². The molecule has 2 heterocycles. The van der Waals surface area contributed by atoms with Crippen LogP contribution < -0.4 is 4.74 Å². The highest BCUT2D eigenvalue weighted by molar-refractivity contribution is 5.68. The molecule has 0 saturated carbocycles. The van der Waals surface area contributed by atoms with Crippen molar-refractivity contribution in [1.29, 1.82) is 0 Å². The molecule has 5 heteroatoms. The molecule has 1 aromatic heterocycles. The zero-order valence-corrected chi connectivity index (χ0v) is 15.4. The van der Waals surface area contributed by atoms with Gasteiger partial charge in [-0.05, 0) is 70.9 Å². The molecule has 0 radical (unpaired) electrons. The number of amides is 1. The number of hydrogen-bond donors (Lipinski definition) is 0. The van der Waals surface area contributed by atoms with E-state index in [-0.39, 0.29) is 6.09 Å². The van der Waals surface area contributed by atoms with Gasteiger partial charge in [0.25, 0.3) is 0 Å². The molecule has 1 aliphatic heterocycles. The van der Waals surface area contributed by atoms with Crippen molar-refractivity contribution in [2.45, 2.75) is 59.0 Å². The summed E-state index contributed by atoms with van der Waals surface area (Å²) in [6.45, 7) is 10.0. The van der Waals surface area contributed by atoms with Crippen molar-refractivity contribution in [3.63, 3.8) is 0 Å². The van der Waals surface area contributed by atoms with Gasteiger partial charge in [-0.2, -0.15) is 0 Å². The highest BCUT2D eigenvalue weighted by Crippen LogP contribution is 2.23. The number of pyridine rings is 1. The van der Waals surface area contributed by atoms with E-state index in [1.54, 1.807) is 6.20 Å². The topological polar surface area (TPSA) is 51.7 Å². The first kappa shape index (κ1) is 18.6. The van der Waals surface area contributed by atoms with Crippen molar-refractivity contribution in [3.05, 3.63) is 23.9 Å². The van der Waals surface area contributed by atoms with Crippen molar-refractivity contribution >= 4 is 6.09 Å². The van der Waals surface area contributed by atoms with Crippen LogP contribution in [0.25, 0.3) is 0 Å². The van der Waals surface area contributed by atoms with Gasteiger partial charge in [0.05, 0.1) is 6.61 Å². The fourth-order valence-electron chi connectivity index (χ4n) is 2.93. The SMILES string of the molecule is Cc1ccnc(OCCCC2CCCN(C(=O)OC(C)(C)C)C2)c1. The monoisotopic (exact) mass is 334 g/mol. The van der Waals surface area contributed by atoms with Crippen molar-refractivity contribution in [3.8, 4) is 5.88 Å². The van der Waals surface area contributed by atoms with Crippen LogP contribution in [-0.4, -0.2) is 41.3 Å². The molecular weight excluding hydrogens is 304 g/mol. The van der Waals surface area contributed by atoms with Crippen LogP contribution in [0, 0.1) is 12.8 Å². The van der Waals surface area contributed by atoms with E-state index in [1.165, 1.54) is 6.42 Å². The molecule has 0 bridgehead atoms. The Morgan fingerprint density at radius 3 is 2.92 bits per heavy atom. The fourth-order valence-corrected chi connectivity index (χ4v) is 2.93. The van der Waals surface area contributed by atoms with E-state index in [0.717, 1.165) is 37.9 Å². The Morgan fingerprint density at radius 1 is 1.42 bits per heavy atom. The van der Waals surface area contributed by atoms with Crippen molar-refractivity contribution in [2.75, 3.05) is 19.7 Å². The molecule has 1 unspecified atom stereocenters. The van der Waals surface area contributed by atoms with Gasteiger partial charge in [0.1, 0.15) is 5.60 Å². The molecule has 0 spiro atoms. The number of carbonyl (C=O) groups is 1. The third kappa shape index (κ3) is 6.38. The molecule has 5 nitrogen and oxygen atoms in total. The zero-order valence-electron chi connectivity index (χ0n) is 15.4. The van der Waals surface area contributed by atoms with Crippen molar-refractivity contribution < 1.29 is 14.3 Å². The van der Waals surface area contributed by atoms with Crippen LogP contribution in [0.4, 0.5) is 4.79 Å². The number of likely N-dealkylation sites (tertiary alicyclic amines) is 1. The molecule has 0 N–H and O–H groups in total. The minimum Gasteiger partial charge on any atom is -0.478 e. The molecular formula is C19H30N2O3. The second kappa shape index (κ2) is 8.36. The van der Waals surface area contributed by atoms with Gasteiger partial charge in [-0.1, -0.05) is 0 Å². The number of rotatable bonds is 5. The summed E-state index contributed by atoms with van der Waals surface area (Å²) in [7, 11) is 0. The summed E-state index contributed by atoms with van der Waals surface area (Å²) in [5, 5.41) is 0. The maximum Gasteiger partial charge on any atom is 0.410 e. The third-order valence-corrected chi connectivity index (χ3v) is 4.07. The summed E-state index contributed by atoms with van der Waals surface area (Å²) < 4.78 is 11.2. The second-order valence-corrected chi connectivity index (χ2v) is 7.60. The molecule has 24 heavy (non-hydrogen) atoms. The number of hydrogen-bond acceptors (Lipinski definition) is 4. The summed E-state index contributed by atoms with van der Waals surface area (Å²) >= 11 is 0. The van der Waals surface area contributed by atoms with E-state index in [4.69, 9.17) is 9.47 Å². The number of piperidine rings is 1. The summed E-state index contributed by atoms with van der Waals surface area (Å²) in [5.41, 5.74) is 0.721. The highest BCUT2D eigenvalue weighted by atomic mass is 16.6. The standard InChI is InChI=1S/C19H30N2O3/c1-15-9-10-20-17(13-15)23-12-6-8-16-7-5-11-21(14-16)18(22)24-19(2,3)4/h9-10,13,16H,5-8,11-12,14H2,1-4H3. The molecule has 1 saturated heterocycles. The predicted octanol–water partition coefficient (Wildman–Crippen LogP) is 4.20. The molecule has 1 aromatic rings. The Bertz CT molecular complexity index is 540. The lowest BCUT2D eigenvalue weighted by molar-refractivity contribution is 0.0159. The summed E-state index contributed by atoms with van der Waals surface area (Å²) in [6, 6.07) is 3.91. The normalized spacial score (nSPS) is 18.3. The minimum atomic E-state index is -0.432. The lowest BCUT2D eigenvalue weighted by Gasteiger charge is -2.34. The molecule has 1 fully saturated rings. The first-order chi connectivity index (χ1) is 11.3. The van der Waals surface area contributed by atoms with Crippen LogP contribution in [0.2, 0.25) is 0 Å². The number of aromatic nitrogens is 1. The van der Waals surface area contributed by atoms with E-state index < -0.39 is 5.60 Å². The summed E-state index contributed by atoms with van der Waals surface area (Å²) in [6.07, 6.45) is 5.83. The molecule has 1 aliphatic rings. The third-order valence-electron chi connectivity index (χ3n) is 4.07. The molecule has 134 valence electrons. The van der Waals surface area contributed by atoms with Crippen LogP contribution in [-0.2, 0) is 4.74 Å². The average molecular weight is 334 g/mol. The van der Waals surface area contributed by atoms with Gasteiger partial charge >= 0.3 is 6.09 Å². The predicted molar refractivity (Wildman–Crippen MR) is 94.2 cm³/mol. The second-order valence-electron chi connectivity index (χ2n) is 7.60. The van der Waals surface area contributed by atoms with Crippen molar-refractivity contribution in [1.82, 2.24) is 9.88 Å². The number of nitrogens with zero attached hydrogens (tertiary/aromatic N) is 2. The van der Waals surface area contributed by atoms with Gasteiger partial charge in [0.15, 0.2) is 0 Å². The van der Waals surface area contributed by atoms with Crippen LogP contribution >= 0.6 is 0 Å². The van der Waals surface area contributed by atoms with Gasteiger partial charge in [-0.25, -0.2) is 9.78 Å². The largest absolute Gasteiger partial charge is 0.478 e. The molecule has 1 atom stereocenters. The van der Waals surface area contributed by atoms with Gasteiger partial charge in [-0.3, -0.25) is 0 Å². The molecule has 0 aromatic carbocycles. The maximum absolute atomic E-state index is 12.2. The average Bonchev–Trinajstić information content (AvgIpc) is 2.50. The Kier molecular flexibility index (Phi) is 6.46. The Balaban J connectivity index is 1.70. The molecule has 0 aliphatic carbocycles. The summed E-state index contributed by atoms with van der Waals surface area (Å²) in [5.74, 6) is 1.22. The quantitative estimate of drug-likeness (QED) is 0.757. The van der Waals surface area contributed by atoms with Crippen LogP contribution in [0.15, 0.2) is 18.3 Å². The molecule has 1 amide bonds. The summed E-state index contributed by atoms with van der Waals surface area (Å²) in [4.78, 5) is 18.2. The first-order valence-corrected chi connectivity index (χ1v) is 8.87. The highest BCUT2D eigenvalue weighted by Gasteiger charge is 2.27. The van der Waals surface area contributed by atoms with E-state index in [1.807, 2.05) is 44.7 Å². The van der Waals surface area contributed by atoms with E-state index >= 15 is 0 Å². The van der Waals surface area contributed by atoms with E-state index in [2.05, 4.69) is 4.98 Å². The van der Waals surface area contributed by atoms with Gasteiger partial charge in [0, 0.05) is 25.4 Å². The van der Waals surface area contributed by atoms with E-state index in [0.29, 0.717) is 18.4 Å². The maximum atomic E-state index is 12.2. The lowest BCUT2D eigenvalue weighted by Crippen LogP contribution is -2.42. The minimum absolute atomic E-state index is 0.188.